The molecule has 240 valence electrons. The molecule has 0 spiro atoms. The Morgan fingerprint density at radius 2 is 1.15 bits per heavy atom. The van der Waals surface area contributed by atoms with Crippen LogP contribution in [0.3, 0.4) is 0 Å². The quantitative estimate of drug-likeness (QED) is 0.0891. The van der Waals surface area contributed by atoms with Crippen molar-refractivity contribution in [2.45, 2.75) is 63.4 Å². The van der Waals surface area contributed by atoms with Gasteiger partial charge in [-0.3, -0.25) is 16.7 Å². The first kappa shape index (κ1) is 35.4. The molecule has 4 heteroatoms. The Hall–Kier alpha value is -2.88. The van der Waals surface area contributed by atoms with Crippen LogP contribution in [0.25, 0.3) is 5.69 Å². The Bertz CT molecular complexity index is 1620. The second kappa shape index (κ2) is 18.0. The average molecular weight is 742 g/mol. The largest absolute Gasteiger partial charge is 3.00 e. The fraction of sp³-hybridized carbons (Fsp3) is 0.233. The number of allylic oxidation sites excluding steroid dienone is 4. The van der Waals surface area contributed by atoms with Crippen molar-refractivity contribution >= 4 is 41.8 Å². The zero-order valence-corrected chi connectivity index (χ0v) is 30.8. The molecule has 5 aromatic rings. The van der Waals surface area contributed by atoms with E-state index in [4.69, 9.17) is 6.66 Å². The molecule has 0 amide bonds. The Morgan fingerprint density at radius 3 is 1.74 bits per heavy atom. The number of benzene rings is 4. The van der Waals surface area contributed by atoms with Crippen LogP contribution in [0.4, 0.5) is 0 Å². The van der Waals surface area contributed by atoms with E-state index in [-0.39, 0.29) is 19.5 Å². The maximum atomic E-state index is 5.20. The fourth-order valence-electron chi connectivity index (χ4n) is 6.95. The van der Waals surface area contributed by atoms with Gasteiger partial charge in [0.05, 0.1) is 22.0 Å². The third-order valence-corrected chi connectivity index (χ3v) is 16.2. The van der Waals surface area contributed by atoms with Crippen LogP contribution in [0.15, 0.2) is 146 Å². The van der Waals surface area contributed by atoms with Gasteiger partial charge in [0.15, 0.2) is 5.44 Å². The molecule has 4 aromatic carbocycles. The van der Waals surface area contributed by atoms with E-state index in [0.29, 0.717) is 5.66 Å². The van der Waals surface area contributed by atoms with Crippen molar-refractivity contribution in [1.29, 1.82) is 0 Å². The molecule has 1 unspecified atom stereocenters. The first-order valence-electron chi connectivity index (χ1n) is 16.9. The summed E-state index contributed by atoms with van der Waals surface area (Å²) in [7, 11) is -3.09. The summed E-state index contributed by atoms with van der Waals surface area (Å²) in [5, 5.41) is 5.70. The SMILES string of the molecule is [C-]1=CCC[C-]=CCC1.[CH2-][P+](c1ccccc1)(c1ccccc1-n1cccc1[PH+](c1ccccc1)c1ccccc1)C1CCCCC1.[Rh+3]. The zero-order valence-electron chi connectivity index (χ0n) is 27.2. The molecule has 47 heavy (non-hydrogen) atoms. The van der Waals surface area contributed by atoms with Crippen LogP contribution in [0, 0.1) is 18.8 Å². The number of rotatable bonds is 7. The van der Waals surface area contributed by atoms with E-state index in [1.54, 1.807) is 0 Å². The smallest absolute Gasteiger partial charge is 0.500 e. The molecule has 1 fully saturated rings. The monoisotopic (exact) mass is 741 g/mol. The van der Waals surface area contributed by atoms with E-state index in [0.717, 1.165) is 25.7 Å². The zero-order chi connectivity index (χ0) is 31.4. The molecule has 0 saturated heterocycles. The molecule has 1 nitrogen and oxygen atoms in total. The Balaban J connectivity index is 0.000000424. The minimum Gasteiger partial charge on any atom is -0.500 e. The second-order valence-corrected chi connectivity index (χ2v) is 18.1. The van der Waals surface area contributed by atoms with Gasteiger partial charge < -0.3 is 12.2 Å². The number of nitrogens with zero attached hydrogens (tertiary/aromatic N) is 1. The molecular formula is C43H46NP2Rh+2. The maximum absolute atomic E-state index is 5.20. The summed E-state index contributed by atoms with van der Waals surface area (Å²) in [6.07, 6.45) is 23.8. The van der Waals surface area contributed by atoms with E-state index < -0.39 is 15.2 Å². The fourth-order valence-corrected chi connectivity index (χ4v) is 13.6. The van der Waals surface area contributed by atoms with Crippen LogP contribution < -0.4 is 26.7 Å². The van der Waals surface area contributed by atoms with Crippen LogP contribution in [-0.2, 0) is 19.5 Å². The van der Waals surface area contributed by atoms with Gasteiger partial charge in [-0.2, -0.15) is 19.5 Å². The van der Waals surface area contributed by atoms with Crippen molar-refractivity contribution in [2.24, 2.45) is 0 Å². The molecule has 0 aliphatic heterocycles. The summed E-state index contributed by atoms with van der Waals surface area (Å²) >= 11 is 0. The predicted octanol–water partition coefficient (Wildman–Crippen LogP) is 9.34. The van der Waals surface area contributed by atoms with Gasteiger partial charge in [-0.05, 0) is 87.5 Å². The predicted molar refractivity (Wildman–Crippen MR) is 205 cm³/mol. The maximum Gasteiger partial charge on any atom is 3.00 e. The normalized spacial score (nSPS) is 16.2. The molecular weight excluding hydrogens is 695 g/mol. The Morgan fingerprint density at radius 1 is 0.617 bits per heavy atom. The van der Waals surface area contributed by atoms with E-state index in [9.17, 15) is 0 Å². The van der Waals surface area contributed by atoms with Gasteiger partial charge >= 0.3 is 19.5 Å². The third-order valence-electron chi connectivity index (χ3n) is 9.27. The standard InChI is InChI=1S/C35H35NP2.C8H10.Rh/c1-38(31-21-10-4-11-22-31,32-23-12-5-13-24-32)34-26-15-14-25-33(34)36-28-16-27-35(36)37(29-17-6-2-7-18-29)30-19-8-3-9-20-30;1-2-4-6-8-7-5-3-1;/h2-4,6-11,14-22,25-28,32H,1,5,12-13,23-24H2;1,8H,2,4-5,7H2;/q;-2;+3/p+1. The summed E-state index contributed by atoms with van der Waals surface area (Å²) in [4.78, 5) is 0. The molecule has 7 rings (SSSR count). The molecule has 2 aliphatic carbocycles. The van der Waals surface area contributed by atoms with E-state index in [1.165, 1.54) is 64.4 Å². The number of hydrogen-bond acceptors (Lipinski definition) is 0. The van der Waals surface area contributed by atoms with E-state index in [2.05, 4.69) is 162 Å². The minimum atomic E-state index is -1.88. The average Bonchev–Trinajstić information content (AvgIpc) is 3.59. The molecule has 1 aromatic heterocycles. The number of hydrogen-bond donors (Lipinski definition) is 0. The minimum absolute atomic E-state index is 0. The van der Waals surface area contributed by atoms with Gasteiger partial charge in [0.2, 0.25) is 0 Å². The molecule has 2 aliphatic rings. The molecule has 1 heterocycles. The van der Waals surface area contributed by atoms with E-state index >= 15 is 0 Å². The Labute approximate surface area is 298 Å². The molecule has 1 saturated carbocycles. The molecule has 0 bridgehead atoms. The van der Waals surface area contributed by atoms with Crippen molar-refractivity contribution in [3.8, 4) is 5.69 Å². The van der Waals surface area contributed by atoms with Gasteiger partial charge in [0.1, 0.15) is 18.5 Å². The van der Waals surface area contributed by atoms with Crippen molar-refractivity contribution in [2.75, 3.05) is 0 Å². The molecule has 1 atom stereocenters. The first-order valence-corrected chi connectivity index (χ1v) is 20.5. The number of para-hydroxylation sites is 1. The van der Waals surface area contributed by atoms with Crippen molar-refractivity contribution in [3.63, 3.8) is 0 Å². The van der Waals surface area contributed by atoms with Crippen LogP contribution in [-0.4, -0.2) is 10.2 Å². The van der Waals surface area contributed by atoms with E-state index in [1.807, 2.05) is 0 Å². The summed E-state index contributed by atoms with van der Waals surface area (Å²) in [6, 6.07) is 47.1. The van der Waals surface area contributed by atoms with Gasteiger partial charge in [-0.15, -0.1) is 0 Å². The molecule has 0 radical (unpaired) electrons. The first-order chi connectivity index (χ1) is 22.8. The Kier molecular flexibility index (Phi) is 13.6. The van der Waals surface area contributed by atoms with Gasteiger partial charge in [0.25, 0.3) is 0 Å². The van der Waals surface area contributed by atoms with Gasteiger partial charge in [-0.1, -0.05) is 86.0 Å². The van der Waals surface area contributed by atoms with Gasteiger partial charge in [0, 0.05) is 12.3 Å². The summed E-state index contributed by atoms with van der Waals surface area (Å²) in [5.74, 6) is 0. The van der Waals surface area contributed by atoms with Crippen LogP contribution >= 0.6 is 15.2 Å². The number of aromatic nitrogens is 1. The van der Waals surface area contributed by atoms with Crippen molar-refractivity contribution < 1.29 is 19.5 Å². The van der Waals surface area contributed by atoms with Crippen molar-refractivity contribution in [3.05, 3.63) is 165 Å². The third kappa shape index (κ3) is 8.59. The second-order valence-electron chi connectivity index (χ2n) is 12.2. The topological polar surface area (TPSA) is 4.93 Å². The summed E-state index contributed by atoms with van der Waals surface area (Å²) in [6.45, 7) is 5.20. The van der Waals surface area contributed by atoms with Crippen LogP contribution in [0.2, 0.25) is 0 Å². The molecule has 0 N–H and O–H groups in total. The van der Waals surface area contributed by atoms with Gasteiger partial charge in [-0.25, -0.2) is 0 Å². The summed E-state index contributed by atoms with van der Waals surface area (Å²) in [5.41, 5.74) is 3.33. The van der Waals surface area contributed by atoms with Crippen LogP contribution in [0.1, 0.15) is 57.8 Å². The van der Waals surface area contributed by atoms with Crippen LogP contribution in [0.5, 0.6) is 0 Å². The van der Waals surface area contributed by atoms with Crippen molar-refractivity contribution in [1.82, 2.24) is 4.57 Å². The summed E-state index contributed by atoms with van der Waals surface area (Å²) < 4.78 is 2.50.